The third-order valence-corrected chi connectivity index (χ3v) is 4.76. The molecule has 3 nitrogen and oxygen atoms in total. The highest BCUT2D eigenvalue weighted by Gasteiger charge is 2.22. The maximum atomic E-state index is 10.6. The Labute approximate surface area is 133 Å². The molecular weight excluding hydrogens is 363 g/mol. The number of nitrogens with one attached hydrogen (secondary N) is 1. The Bertz CT molecular complexity index is 788. The maximum Gasteiger partial charge on any atom is 0.137 e. The molecule has 1 aromatic carbocycles. The fraction of sp³-hybridized carbons (Fsp3) is 0.0714. The van der Waals surface area contributed by atoms with Crippen LogP contribution in [0, 0.1) is 0 Å². The number of benzene rings is 1. The molecule has 3 aromatic rings. The Hall–Kier alpha value is -1.07. The summed E-state index contributed by atoms with van der Waals surface area (Å²) < 4.78 is 0.690. The molecule has 2 aromatic heterocycles. The Morgan fingerprint density at radius 2 is 2.05 bits per heavy atom. The summed E-state index contributed by atoms with van der Waals surface area (Å²) in [6.07, 6.45) is 2.48. The van der Waals surface area contributed by atoms with Gasteiger partial charge in [0.2, 0.25) is 0 Å². The minimum Gasteiger partial charge on any atom is -0.383 e. The van der Waals surface area contributed by atoms with E-state index in [4.69, 9.17) is 23.2 Å². The summed E-state index contributed by atoms with van der Waals surface area (Å²) in [7, 11) is 0. The number of halogens is 3. The number of aliphatic hydroxyl groups is 1. The van der Waals surface area contributed by atoms with Gasteiger partial charge in [0.1, 0.15) is 11.8 Å². The number of nitrogens with zero attached hydrogens (tertiary/aromatic N) is 1. The molecule has 0 saturated heterocycles. The van der Waals surface area contributed by atoms with Crippen molar-refractivity contribution in [3.8, 4) is 0 Å². The van der Waals surface area contributed by atoms with Crippen molar-refractivity contribution in [3.63, 3.8) is 0 Å². The van der Waals surface area contributed by atoms with E-state index in [2.05, 4.69) is 25.9 Å². The van der Waals surface area contributed by atoms with Crippen LogP contribution in [-0.4, -0.2) is 15.1 Å². The van der Waals surface area contributed by atoms with E-state index in [1.54, 1.807) is 24.5 Å². The van der Waals surface area contributed by atoms with Gasteiger partial charge in [-0.3, -0.25) is 0 Å². The largest absolute Gasteiger partial charge is 0.383 e. The quantitative estimate of drug-likeness (QED) is 0.640. The second kappa shape index (κ2) is 5.37. The van der Waals surface area contributed by atoms with Crippen LogP contribution in [-0.2, 0) is 0 Å². The van der Waals surface area contributed by atoms with Crippen molar-refractivity contribution in [2.24, 2.45) is 0 Å². The molecule has 0 aliphatic carbocycles. The first-order chi connectivity index (χ1) is 9.59. The van der Waals surface area contributed by atoms with Gasteiger partial charge in [-0.1, -0.05) is 23.2 Å². The number of aliphatic hydroxyl groups excluding tert-OH is 1. The second-order valence-electron chi connectivity index (χ2n) is 4.30. The monoisotopic (exact) mass is 370 g/mol. The van der Waals surface area contributed by atoms with Crippen LogP contribution in [0.2, 0.25) is 10.0 Å². The molecule has 102 valence electrons. The van der Waals surface area contributed by atoms with Crippen molar-refractivity contribution in [3.05, 3.63) is 62.3 Å². The zero-order valence-corrected chi connectivity index (χ0v) is 13.2. The highest BCUT2D eigenvalue weighted by atomic mass is 79.9. The number of pyridine rings is 1. The van der Waals surface area contributed by atoms with E-state index in [-0.39, 0.29) is 0 Å². The molecule has 2 heterocycles. The molecule has 0 bridgehead atoms. The van der Waals surface area contributed by atoms with Crippen molar-refractivity contribution >= 4 is 50.2 Å². The Morgan fingerprint density at radius 1 is 1.25 bits per heavy atom. The fourth-order valence-electron chi connectivity index (χ4n) is 2.15. The zero-order valence-electron chi connectivity index (χ0n) is 10.1. The van der Waals surface area contributed by atoms with Gasteiger partial charge >= 0.3 is 0 Å². The molecule has 0 spiro atoms. The van der Waals surface area contributed by atoms with E-state index in [9.17, 15) is 5.11 Å². The molecular formula is C14H9BrCl2N2O. The average molecular weight is 372 g/mol. The topological polar surface area (TPSA) is 48.9 Å². The summed E-state index contributed by atoms with van der Waals surface area (Å²) in [5.74, 6) is 0. The lowest BCUT2D eigenvalue weighted by molar-refractivity contribution is 0.222. The maximum absolute atomic E-state index is 10.6. The normalized spacial score (nSPS) is 12.8. The van der Waals surface area contributed by atoms with Gasteiger partial charge in [0.25, 0.3) is 0 Å². The predicted octanol–water partition coefficient (Wildman–Crippen LogP) is 4.71. The highest BCUT2D eigenvalue weighted by molar-refractivity contribution is 9.10. The molecule has 20 heavy (non-hydrogen) atoms. The molecule has 0 aliphatic heterocycles. The molecule has 1 unspecified atom stereocenters. The van der Waals surface area contributed by atoms with Crippen LogP contribution >= 0.6 is 39.1 Å². The lowest BCUT2D eigenvalue weighted by Gasteiger charge is -2.15. The summed E-state index contributed by atoms with van der Waals surface area (Å²) in [5.41, 5.74) is 1.88. The second-order valence-corrected chi connectivity index (χ2v) is 5.94. The minimum absolute atomic E-state index is 0.406. The van der Waals surface area contributed by atoms with Gasteiger partial charge in [-0.25, -0.2) is 4.98 Å². The van der Waals surface area contributed by atoms with Crippen LogP contribution in [0.4, 0.5) is 0 Å². The van der Waals surface area contributed by atoms with Gasteiger partial charge in [0, 0.05) is 38.4 Å². The van der Waals surface area contributed by atoms with Gasteiger partial charge in [-0.15, -0.1) is 0 Å². The van der Waals surface area contributed by atoms with Crippen molar-refractivity contribution in [2.45, 2.75) is 6.10 Å². The van der Waals surface area contributed by atoms with Crippen LogP contribution in [0.25, 0.3) is 11.0 Å². The highest BCUT2D eigenvalue weighted by Crippen LogP contribution is 2.39. The Morgan fingerprint density at radius 3 is 2.85 bits per heavy atom. The van der Waals surface area contributed by atoms with E-state index >= 15 is 0 Å². The molecule has 0 saturated carbocycles. The first-order valence-corrected chi connectivity index (χ1v) is 7.38. The van der Waals surface area contributed by atoms with Crippen molar-refractivity contribution in [2.75, 3.05) is 0 Å². The number of hydrogen-bond acceptors (Lipinski definition) is 2. The molecule has 0 radical (unpaired) electrons. The van der Waals surface area contributed by atoms with Gasteiger partial charge < -0.3 is 10.1 Å². The number of aromatic amines is 1. The van der Waals surface area contributed by atoms with E-state index in [1.807, 2.05) is 12.1 Å². The van der Waals surface area contributed by atoms with Gasteiger partial charge in [-0.05, 0) is 40.2 Å². The van der Waals surface area contributed by atoms with E-state index in [1.165, 1.54) is 0 Å². The number of aromatic nitrogens is 2. The zero-order chi connectivity index (χ0) is 14.3. The van der Waals surface area contributed by atoms with Crippen LogP contribution in [0.15, 0.2) is 41.1 Å². The molecule has 3 rings (SSSR count). The minimum atomic E-state index is -0.926. The summed E-state index contributed by atoms with van der Waals surface area (Å²) >= 11 is 15.8. The lowest BCUT2D eigenvalue weighted by atomic mass is 10.0. The van der Waals surface area contributed by atoms with Crippen LogP contribution in [0.5, 0.6) is 0 Å². The smallest absolute Gasteiger partial charge is 0.137 e. The van der Waals surface area contributed by atoms with Gasteiger partial charge in [0.05, 0.1) is 5.02 Å². The molecule has 1 atom stereocenters. The van der Waals surface area contributed by atoms with E-state index in [0.29, 0.717) is 31.3 Å². The van der Waals surface area contributed by atoms with Crippen molar-refractivity contribution in [1.29, 1.82) is 0 Å². The summed E-state index contributed by atoms with van der Waals surface area (Å²) in [5, 5.41) is 12.3. The standard InChI is InChI=1S/C14H9BrCl2N2O/c15-9-3-4-10(16)11(12(9)17)13(20)8-6-19-14-7(8)2-1-5-18-14/h1-6,13,20H,(H,18,19). The fourth-order valence-corrected chi connectivity index (χ4v) is 3.08. The SMILES string of the molecule is OC(c1c(Cl)ccc(Br)c1Cl)c1c[nH]c2ncccc12. The molecule has 0 amide bonds. The summed E-state index contributed by atoms with van der Waals surface area (Å²) in [6, 6.07) is 7.15. The lowest BCUT2D eigenvalue weighted by Crippen LogP contribution is -2.01. The Kier molecular flexibility index (Phi) is 3.73. The third-order valence-electron chi connectivity index (χ3n) is 3.13. The third kappa shape index (κ3) is 2.23. The Balaban J connectivity index is 2.18. The number of H-pyrrole nitrogens is 1. The van der Waals surface area contributed by atoms with Gasteiger partial charge in [-0.2, -0.15) is 0 Å². The van der Waals surface area contributed by atoms with Crippen LogP contribution in [0.1, 0.15) is 17.2 Å². The first-order valence-electron chi connectivity index (χ1n) is 5.83. The summed E-state index contributed by atoms with van der Waals surface area (Å²) in [6.45, 7) is 0. The summed E-state index contributed by atoms with van der Waals surface area (Å²) in [4.78, 5) is 7.22. The van der Waals surface area contributed by atoms with Crippen LogP contribution in [0.3, 0.4) is 0 Å². The van der Waals surface area contributed by atoms with Crippen molar-refractivity contribution in [1.82, 2.24) is 9.97 Å². The molecule has 6 heteroatoms. The predicted molar refractivity (Wildman–Crippen MR) is 84.3 cm³/mol. The average Bonchev–Trinajstić information content (AvgIpc) is 2.87. The van der Waals surface area contributed by atoms with Gasteiger partial charge in [0.15, 0.2) is 0 Å². The molecule has 0 aliphatic rings. The number of fused-ring (bicyclic) bond motifs is 1. The van der Waals surface area contributed by atoms with E-state index < -0.39 is 6.10 Å². The van der Waals surface area contributed by atoms with Crippen LogP contribution < -0.4 is 0 Å². The number of hydrogen-bond donors (Lipinski definition) is 2. The molecule has 0 fully saturated rings. The first kappa shape index (κ1) is 13.9. The van der Waals surface area contributed by atoms with E-state index in [0.717, 1.165) is 5.39 Å². The van der Waals surface area contributed by atoms with Crippen molar-refractivity contribution < 1.29 is 5.11 Å². The molecule has 2 N–H and O–H groups in total. The number of rotatable bonds is 2.